The van der Waals surface area contributed by atoms with Gasteiger partial charge < -0.3 is 25.0 Å². The first-order chi connectivity index (χ1) is 11.9. The van der Waals surface area contributed by atoms with E-state index in [1.54, 1.807) is 21.2 Å². The molecule has 0 spiro atoms. The van der Waals surface area contributed by atoms with Crippen molar-refractivity contribution in [1.29, 1.82) is 0 Å². The number of carbonyl (C=O) groups is 1. The summed E-state index contributed by atoms with van der Waals surface area (Å²) in [5.41, 5.74) is 1.10. The van der Waals surface area contributed by atoms with Gasteiger partial charge >= 0.3 is 0 Å². The fraction of sp³-hybridized carbons (Fsp3) is 0.556. The van der Waals surface area contributed by atoms with Crippen molar-refractivity contribution in [3.63, 3.8) is 0 Å². The zero-order chi connectivity index (χ0) is 18.7. The molecule has 0 aliphatic carbocycles. The molecule has 0 bridgehead atoms. The third kappa shape index (κ3) is 8.39. The highest BCUT2D eigenvalue weighted by atomic mass is 16.5. The number of benzene rings is 1. The van der Waals surface area contributed by atoms with E-state index in [0.29, 0.717) is 25.7 Å². The van der Waals surface area contributed by atoms with Crippen LogP contribution in [0.25, 0.3) is 0 Å². The van der Waals surface area contributed by atoms with Crippen molar-refractivity contribution in [2.75, 3.05) is 47.4 Å². The minimum atomic E-state index is -0.0583. The second kappa shape index (κ2) is 11.3. The Bertz CT molecular complexity index is 561. The largest absolute Gasteiger partial charge is 0.489 e. The van der Waals surface area contributed by atoms with Crippen LogP contribution in [0.1, 0.15) is 12.5 Å². The molecule has 0 heterocycles. The molecule has 7 heteroatoms. The molecule has 0 fully saturated rings. The zero-order valence-corrected chi connectivity index (χ0v) is 15.8. The van der Waals surface area contributed by atoms with Crippen LogP contribution in [-0.2, 0) is 9.53 Å². The molecular formula is C18H30N4O3. The monoisotopic (exact) mass is 350 g/mol. The Kier molecular flexibility index (Phi) is 9.39. The first-order valence-corrected chi connectivity index (χ1v) is 8.37. The van der Waals surface area contributed by atoms with E-state index in [0.717, 1.165) is 11.3 Å². The number of rotatable bonds is 9. The molecule has 1 atom stereocenters. The number of ether oxygens (including phenoxy) is 2. The number of hydrogen-bond acceptors (Lipinski definition) is 4. The van der Waals surface area contributed by atoms with E-state index in [4.69, 9.17) is 9.47 Å². The summed E-state index contributed by atoms with van der Waals surface area (Å²) in [5.74, 6) is 1.37. The predicted molar refractivity (Wildman–Crippen MR) is 100 cm³/mol. The Morgan fingerprint density at radius 1 is 1.28 bits per heavy atom. The van der Waals surface area contributed by atoms with Crippen molar-refractivity contribution in [3.05, 3.63) is 29.8 Å². The van der Waals surface area contributed by atoms with Crippen LogP contribution in [0.4, 0.5) is 0 Å². The van der Waals surface area contributed by atoms with Crippen LogP contribution in [0, 0.1) is 6.92 Å². The fourth-order valence-corrected chi connectivity index (χ4v) is 1.92. The van der Waals surface area contributed by atoms with Crippen LogP contribution in [0.5, 0.6) is 5.75 Å². The van der Waals surface area contributed by atoms with E-state index in [1.165, 1.54) is 4.90 Å². The van der Waals surface area contributed by atoms with Crippen molar-refractivity contribution in [3.8, 4) is 5.75 Å². The van der Waals surface area contributed by atoms with Gasteiger partial charge in [0.2, 0.25) is 5.91 Å². The van der Waals surface area contributed by atoms with Gasteiger partial charge in [-0.2, -0.15) is 0 Å². The van der Waals surface area contributed by atoms with Crippen LogP contribution < -0.4 is 15.4 Å². The van der Waals surface area contributed by atoms with Crippen molar-refractivity contribution in [1.82, 2.24) is 15.5 Å². The number of nitrogens with one attached hydrogen (secondary N) is 2. The lowest BCUT2D eigenvalue weighted by atomic mass is 10.2. The zero-order valence-electron chi connectivity index (χ0n) is 15.8. The van der Waals surface area contributed by atoms with Crippen LogP contribution in [-0.4, -0.2) is 70.3 Å². The molecule has 140 valence electrons. The second-order valence-electron chi connectivity index (χ2n) is 5.95. The van der Waals surface area contributed by atoms with E-state index in [2.05, 4.69) is 15.6 Å². The van der Waals surface area contributed by atoms with Crippen LogP contribution in [0.3, 0.4) is 0 Å². The molecule has 1 unspecified atom stereocenters. The number of amides is 1. The van der Waals surface area contributed by atoms with Crippen molar-refractivity contribution in [2.24, 2.45) is 4.99 Å². The molecule has 0 saturated heterocycles. The molecule has 0 aromatic heterocycles. The molecule has 0 radical (unpaired) electrons. The summed E-state index contributed by atoms with van der Waals surface area (Å²) in [6.07, 6.45) is -0.0555. The lowest BCUT2D eigenvalue weighted by molar-refractivity contribution is -0.127. The Hall–Kier alpha value is -2.28. The number of methoxy groups -OCH3 is 1. The maximum Gasteiger partial charge on any atom is 0.243 e. The lowest BCUT2D eigenvalue weighted by Gasteiger charge is -2.19. The topological polar surface area (TPSA) is 75.2 Å². The van der Waals surface area contributed by atoms with Gasteiger partial charge in [-0.15, -0.1) is 0 Å². The molecule has 1 amide bonds. The Morgan fingerprint density at radius 3 is 2.64 bits per heavy atom. The van der Waals surface area contributed by atoms with Gasteiger partial charge in [0, 0.05) is 27.7 Å². The molecule has 2 N–H and O–H groups in total. The quantitative estimate of drug-likeness (QED) is 0.395. The number of para-hydroxylation sites is 1. The highest BCUT2D eigenvalue weighted by Gasteiger charge is 2.09. The number of nitrogens with zero attached hydrogens (tertiary/aromatic N) is 2. The maximum absolute atomic E-state index is 11.7. The number of hydrogen-bond donors (Lipinski definition) is 2. The summed E-state index contributed by atoms with van der Waals surface area (Å²) in [6, 6.07) is 7.90. The van der Waals surface area contributed by atoms with Gasteiger partial charge in [-0.1, -0.05) is 18.2 Å². The summed E-state index contributed by atoms with van der Waals surface area (Å²) in [4.78, 5) is 17.5. The summed E-state index contributed by atoms with van der Waals surface area (Å²) >= 11 is 0. The van der Waals surface area contributed by atoms with Gasteiger partial charge in [-0.05, 0) is 25.5 Å². The van der Waals surface area contributed by atoms with Crippen molar-refractivity contribution < 1.29 is 14.3 Å². The van der Waals surface area contributed by atoms with E-state index < -0.39 is 0 Å². The van der Waals surface area contributed by atoms with Crippen molar-refractivity contribution >= 4 is 11.9 Å². The molecule has 0 aliphatic heterocycles. The summed E-state index contributed by atoms with van der Waals surface area (Å²) in [5, 5.41) is 6.33. The number of aliphatic imine (C=N–C) groups is 1. The van der Waals surface area contributed by atoms with Gasteiger partial charge in [0.1, 0.15) is 18.4 Å². The van der Waals surface area contributed by atoms with Gasteiger partial charge in [-0.3, -0.25) is 4.79 Å². The smallest absolute Gasteiger partial charge is 0.243 e. The normalized spacial score (nSPS) is 12.4. The Labute approximate surface area is 150 Å². The number of aryl methyl sites for hydroxylation is 1. The number of likely N-dealkylation sites (N-methyl/N-ethyl adjacent to an activating group) is 1. The van der Waals surface area contributed by atoms with Crippen LogP contribution in [0.2, 0.25) is 0 Å². The summed E-state index contributed by atoms with van der Waals surface area (Å²) in [7, 11) is 5.06. The third-order valence-corrected chi connectivity index (χ3v) is 3.45. The van der Waals surface area contributed by atoms with E-state index in [1.807, 2.05) is 38.1 Å². The first-order valence-electron chi connectivity index (χ1n) is 8.37. The van der Waals surface area contributed by atoms with E-state index >= 15 is 0 Å². The molecule has 1 aromatic rings. The minimum Gasteiger partial charge on any atom is -0.489 e. The summed E-state index contributed by atoms with van der Waals surface area (Å²) in [6.45, 7) is 5.80. The van der Waals surface area contributed by atoms with E-state index in [9.17, 15) is 4.79 Å². The molecule has 1 aromatic carbocycles. The third-order valence-electron chi connectivity index (χ3n) is 3.45. The second-order valence-corrected chi connectivity index (χ2v) is 5.95. The molecule has 25 heavy (non-hydrogen) atoms. The Morgan fingerprint density at radius 2 is 2.00 bits per heavy atom. The van der Waals surface area contributed by atoms with Gasteiger partial charge in [0.25, 0.3) is 0 Å². The maximum atomic E-state index is 11.7. The molecule has 0 saturated carbocycles. The van der Waals surface area contributed by atoms with Crippen LogP contribution in [0.15, 0.2) is 29.3 Å². The van der Waals surface area contributed by atoms with E-state index in [-0.39, 0.29) is 18.6 Å². The fourth-order valence-electron chi connectivity index (χ4n) is 1.92. The lowest BCUT2D eigenvalue weighted by Crippen LogP contribution is -2.43. The molecule has 0 aliphatic rings. The highest BCUT2D eigenvalue weighted by Crippen LogP contribution is 2.17. The average molecular weight is 350 g/mol. The number of carbonyl (C=O) groups excluding carboxylic acids is 1. The van der Waals surface area contributed by atoms with Crippen molar-refractivity contribution in [2.45, 2.75) is 20.0 Å². The molecule has 1 rings (SSSR count). The highest BCUT2D eigenvalue weighted by molar-refractivity contribution is 5.84. The molecular weight excluding hydrogens is 320 g/mol. The number of guanidine groups is 1. The van der Waals surface area contributed by atoms with Gasteiger partial charge in [0.15, 0.2) is 5.96 Å². The van der Waals surface area contributed by atoms with Crippen LogP contribution >= 0.6 is 0 Å². The first kappa shape index (κ1) is 20.8. The summed E-state index contributed by atoms with van der Waals surface area (Å²) < 4.78 is 11.0. The van der Waals surface area contributed by atoms with Gasteiger partial charge in [-0.25, -0.2) is 4.99 Å². The average Bonchev–Trinajstić information content (AvgIpc) is 2.58. The predicted octanol–water partition coefficient (Wildman–Crippen LogP) is 1.03. The SMILES string of the molecule is COCCNC(=NCC(=O)N(C)C)NCC(C)Oc1ccccc1C. The standard InChI is InChI=1S/C18H30N4O3/c1-14-8-6-7-9-16(14)25-15(2)12-20-18(19-10-11-24-5)21-13-17(23)22(3)4/h6-9,15H,10-13H2,1-5H3,(H2,19,20,21). The Balaban J connectivity index is 2.56. The molecule has 7 nitrogen and oxygen atoms in total. The minimum absolute atomic E-state index is 0.0555. The van der Waals surface area contributed by atoms with Gasteiger partial charge in [0.05, 0.1) is 13.2 Å².